The maximum atomic E-state index is 2.45. The maximum Gasteiger partial charge on any atom is 0.0546 e. The molecule has 11 aromatic carbocycles. The molecule has 0 aliphatic rings. The number of benzene rings is 11. The van der Waals surface area contributed by atoms with Crippen LogP contribution in [-0.4, -0.2) is 0 Å². The van der Waals surface area contributed by atoms with E-state index in [-0.39, 0.29) is 0 Å². The van der Waals surface area contributed by atoms with Gasteiger partial charge in [0.05, 0.1) is 5.69 Å². The molecule has 0 amide bonds. The van der Waals surface area contributed by atoms with Crippen LogP contribution in [0.2, 0.25) is 0 Å². The van der Waals surface area contributed by atoms with Crippen LogP contribution < -0.4 is 4.90 Å². The van der Waals surface area contributed by atoms with Gasteiger partial charge in [0.1, 0.15) is 0 Å². The fourth-order valence-corrected chi connectivity index (χ4v) is 9.34. The van der Waals surface area contributed by atoms with Gasteiger partial charge in [-0.05, 0) is 119 Å². The Balaban J connectivity index is 1.18. The lowest BCUT2D eigenvalue weighted by molar-refractivity contribution is 1.28. The van der Waals surface area contributed by atoms with E-state index in [2.05, 4.69) is 266 Å². The number of hydrogen-bond donors (Lipinski definition) is 0. The molecule has 0 heterocycles. The molecule has 11 aromatic rings. The van der Waals surface area contributed by atoms with Gasteiger partial charge in [0.15, 0.2) is 0 Å². The Hall–Kier alpha value is -8.26. The summed E-state index contributed by atoms with van der Waals surface area (Å²) in [6, 6.07) is 94.8. The highest BCUT2D eigenvalue weighted by Gasteiger charge is 2.24. The van der Waals surface area contributed by atoms with Crippen molar-refractivity contribution >= 4 is 38.6 Å². The van der Waals surface area contributed by atoms with E-state index in [4.69, 9.17) is 0 Å². The van der Waals surface area contributed by atoms with E-state index in [0.717, 1.165) is 17.1 Å². The van der Waals surface area contributed by atoms with Gasteiger partial charge in [0.25, 0.3) is 0 Å². The van der Waals surface area contributed by atoms with Gasteiger partial charge in [-0.15, -0.1) is 0 Å². The lowest BCUT2D eigenvalue weighted by atomic mass is 9.85. The summed E-state index contributed by atoms with van der Waals surface area (Å²) in [6.07, 6.45) is 0. The first kappa shape index (κ1) is 37.7. The topological polar surface area (TPSA) is 3.24 Å². The van der Waals surface area contributed by atoms with E-state index in [1.165, 1.54) is 88.3 Å². The second kappa shape index (κ2) is 16.7. The Morgan fingerprint density at radius 3 is 1.21 bits per heavy atom. The van der Waals surface area contributed by atoms with Crippen molar-refractivity contribution in [3.8, 4) is 66.8 Å². The predicted molar refractivity (Wildman–Crippen MR) is 269 cm³/mol. The molecule has 1 nitrogen and oxygen atoms in total. The van der Waals surface area contributed by atoms with Crippen LogP contribution in [0.5, 0.6) is 0 Å². The van der Waals surface area contributed by atoms with Crippen LogP contribution in [0.4, 0.5) is 17.1 Å². The fraction of sp³-hybridized carbons (Fsp3) is 0. The smallest absolute Gasteiger partial charge is 0.0546 e. The molecule has 296 valence electrons. The van der Waals surface area contributed by atoms with Crippen molar-refractivity contribution in [2.45, 2.75) is 0 Å². The van der Waals surface area contributed by atoms with Gasteiger partial charge in [0.2, 0.25) is 0 Å². The highest BCUT2D eigenvalue weighted by atomic mass is 15.1. The molecule has 0 saturated heterocycles. The Morgan fingerprint density at radius 1 is 0.222 bits per heavy atom. The van der Waals surface area contributed by atoms with E-state index >= 15 is 0 Å². The zero-order valence-corrected chi connectivity index (χ0v) is 34.8. The van der Waals surface area contributed by atoms with Crippen LogP contribution in [0.25, 0.3) is 88.3 Å². The summed E-state index contributed by atoms with van der Waals surface area (Å²) in [4.78, 5) is 2.45. The van der Waals surface area contributed by atoms with Gasteiger partial charge in [-0.2, -0.15) is 0 Å². The van der Waals surface area contributed by atoms with Gasteiger partial charge >= 0.3 is 0 Å². The van der Waals surface area contributed by atoms with Crippen LogP contribution in [0, 0.1) is 0 Å². The average molecular weight is 802 g/mol. The normalized spacial score (nSPS) is 11.2. The lowest BCUT2D eigenvalue weighted by Crippen LogP contribution is -2.12. The van der Waals surface area contributed by atoms with Crippen molar-refractivity contribution in [2.24, 2.45) is 0 Å². The van der Waals surface area contributed by atoms with Crippen LogP contribution in [0.3, 0.4) is 0 Å². The highest BCUT2D eigenvalue weighted by molar-refractivity contribution is 6.17. The minimum Gasteiger partial charge on any atom is -0.310 e. The summed E-state index contributed by atoms with van der Waals surface area (Å²) in [5.41, 5.74) is 17.5. The van der Waals surface area contributed by atoms with E-state index in [1.54, 1.807) is 0 Å². The van der Waals surface area contributed by atoms with E-state index < -0.39 is 0 Å². The van der Waals surface area contributed by atoms with Crippen molar-refractivity contribution in [3.05, 3.63) is 261 Å². The monoisotopic (exact) mass is 801 g/mol. The molecule has 0 fully saturated rings. The standard InChI is InChI=1S/C62H43N/c1-4-19-44(20-5-1)45-35-39-50(40-36-45)63(51-41-37-48(38-42-51)53-27-13-12-26-52(53)46-21-6-2-7-22-46)61-34-18-33-59(57-31-15-14-28-54(57)47-23-8-3-9-24-47)62(61)60-43-49-25-10-11-29-55(49)56-30-16-17-32-58(56)60/h1-43H. The first-order valence-corrected chi connectivity index (χ1v) is 21.7. The van der Waals surface area contributed by atoms with Crippen molar-refractivity contribution in [1.82, 2.24) is 0 Å². The molecule has 1 heteroatoms. The Labute approximate surface area is 369 Å². The molecule has 0 unspecified atom stereocenters. The molecule has 0 aliphatic carbocycles. The third kappa shape index (κ3) is 7.16. The number of fused-ring (bicyclic) bond motifs is 3. The third-order valence-electron chi connectivity index (χ3n) is 12.3. The number of rotatable bonds is 9. The molecule has 0 bridgehead atoms. The van der Waals surface area contributed by atoms with Gasteiger partial charge in [-0.3, -0.25) is 0 Å². The zero-order chi connectivity index (χ0) is 42.0. The van der Waals surface area contributed by atoms with E-state index in [1.807, 2.05) is 0 Å². The predicted octanol–water partition coefficient (Wildman–Crippen LogP) is 17.5. The quantitative estimate of drug-likeness (QED) is 0.131. The Kier molecular flexibility index (Phi) is 9.97. The molecular weight excluding hydrogens is 759 g/mol. The molecule has 0 aromatic heterocycles. The van der Waals surface area contributed by atoms with E-state index in [9.17, 15) is 0 Å². The lowest BCUT2D eigenvalue weighted by Gasteiger charge is -2.30. The molecule has 63 heavy (non-hydrogen) atoms. The van der Waals surface area contributed by atoms with Crippen molar-refractivity contribution in [3.63, 3.8) is 0 Å². The number of nitrogens with zero attached hydrogens (tertiary/aromatic N) is 1. The number of anilines is 3. The average Bonchev–Trinajstić information content (AvgIpc) is 3.37. The summed E-state index contributed by atoms with van der Waals surface area (Å²) < 4.78 is 0. The van der Waals surface area contributed by atoms with E-state index in [0.29, 0.717) is 0 Å². The minimum absolute atomic E-state index is 1.07. The molecule has 11 rings (SSSR count). The summed E-state index contributed by atoms with van der Waals surface area (Å²) in [5.74, 6) is 0. The Morgan fingerprint density at radius 2 is 0.619 bits per heavy atom. The van der Waals surface area contributed by atoms with Crippen LogP contribution in [-0.2, 0) is 0 Å². The van der Waals surface area contributed by atoms with Gasteiger partial charge < -0.3 is 4.90 Å². The van der Waals surface area contributed by atoms with Crippen LogP contribution in [0.1, 0.15) is 0 Å². The Bertz CT molecular complexity index is 3350. The molecular formula is C62H43N. The maximum absolute atomic E-state index is 2.45. The fourth-order valence-electron chi connectivity index (χ4n) is 9.34. The number of hydrogen-bond acceptors (Lipinski definition) is 1. The second-order valence-corrected chi connectivity index (χ2v) is 16.0. The summed E-state index contributed by atoms with van der Waals surface area (Å²) in [6.45, 7) is 0. The van der Waals surface area contributed by atoms with Crippen LogP contribution in [0.15, 0.2) is 261 Å². The molecule has 0 saturated carbocycles. The summed E-state index contributed by atoms with van der Waals surface area (Å²) in [7, 11) is 0. The summed E-state index contributed by atoms with van der Waals surface area (Å²) in [5, 5.41) is 4.92. The SMILES string of the molecule is c1ccc(-c2ccc(N(c3ccc(-c4ccccc4-c4ccccc4)cc3)c3cccc(-c4ccccc4-c4ccccc4)c3-c3cc4ccccc4c4ccccc34)cc2)cc1. The zero-order valence-electron chi connectivity index (χ0n) is 34.8. The van der Waals surface area contributed by atoms with Crippen molar-refractivity contribution in [1.29, 1.82) is 0 Å². The van der Waals surface area contributed by atoms with Crippen molar-refractivity contribution < 1.29 is 0 Å². The van der Waals surface area contributed by atoms with Gasteiger partial charge in [-0.25, -0.2) is 0 Å². The van der Waals surface area contributed by atoms with Gasteiger partial charge in [0, 0.05) is 16.9 Å². The second-order valence-electron chi connectivity index (χ2n) is 16.0. The summed E-state index contributed by atoms with van der Waals surface area (Å²) >= 11 is 0. The highest BCUT2D eigenvalue weighted by Crippen LogP contribution is 2.50. The third-order valence-corrected chi connectivity index (χ3v) is 12.3. The van der Waals surface area contributed by atoms with Gasteiger partial charge in [-0.1, -0.05) is 224 Å². The molecule has 0 N–H and O–H groups in total. The molecule has 0 spiro atoms. The first-order valence-electron chi connectivity index (χ1n) is 21.7. The minimum atomic E-state index is 1.07. The molecule has 0 radical (unpaired) electrons. The first-order chi connectivity index (χ1) is 31.3. The largest absolute Gasteiger partial charge is 0.310 e. The van der Waals surface area contributed by atoms with Crippen LogP contribution >= 0.6 is 0 Å². The molecule has 0 atom stereocenters. The molecule has 0 aliphatic heterocycles. The van der Waals surface area contributed by atoms with Crippen molar-refractivity contribution in [2.75, 3.05) is 4.90 Å².